The van der Waals surface area contributed by atoms with Gasteiger partial charge in [-0.1, -0.05) is 6.07 Å². The van der Waals surface area contributed by atoms with Gasteiger partial charge in [-0.05, 0) is 25.1 Å². The molecule has 0 saturated heterocycles. The van der Waals surface area contributed by atoms with Crippen molar-refractivity contribution >= 4 is 11.9 Å². The van der Waals surface area contributed by atoms with Crippen molar-refractivity contribution in [3.8, 4) is 23.0 Å². The quantitative estimate of drug-likeness (QED) is 0.792. The van der Waals surface area contributed by atoms with Crippen LogP contribution in [0.3, 0.4) is 0 Å². The molecule has 2 aromatic rings. The van der Waals surface area contributed by atoms with Crippen LogP contribution < -0.4 is 18.9 Å². The molecule has 3 rings (SSSR count). The lowest BCUT2D eigenvalue weighted by molar-refractivity contribution is 0.174. The predicted molar refractivity (Wildman–Crippen MR) is 84.0 cm³/mol. The Morgan fingerprint density at radius 1 is 1.18 bits per heavy atom. The number of benzene rings is 2. The van der Waals surface area contributed by atoms with Crippen LogP contribution in [-0.4, -0.2) is 26.7 Å². The van der Waals surface area contributed by atoms with Gasteiger partial charge >= 0.3 is 0 Å². The molecular weight excluding hydrogens is 282 g/mol. The molecule has 0 fully saturated rings. The van der Waals surface area contributed by atoms with E-state index in [1.807, 2.05) is 43.3 Å². The molecule has 0 aromatic heterocycles. The molecule has 0 saturated carbocycles. The second-order valence-corrected chi connectivity index (χ2v) is 4.64. The normalized spacial score (nSPS) is 12.6. The summed E-state index contributed by atoms with van der Waals surface area (Å²) >= 11 is 0. The van der Waals surface area contributed by atoms with Gasteiger partial charge in [0.05, 0.1) is 19.4 Å². The molecule has 1 aliphatic rings. The van der Waals surface area contributed by atoms with Gasteiger partial charge in [0.25, 0.3) is 0 Å². The summed E-state index contributed by atoms with van der Waals surface area (Å²) in [6.07, 6.45) is 1.75. The molecule has 0 radical (unpaired) electrons. The molecule has 0 spiro atoms. The molecule has 22 heavy (non-hydrogen) atoms. The van der Waals surface area contributed by atoms with Crippen molar-refractivity contribution in [3.63, 3.8) is 0 Å². The summed E-state index contributed by atoms with van der Waals surface area (Å²) in [5.74, 6) is 2.89. The average Bonchev–Trinajstić information content (AvgIpc) is 3.00. The number of hydrogen-bond acceptors (Lipinski definition) is 5. The minimum atomic E-state index is 0.234. The molecule has 1 heterocycles. The molecule has 0 amide bonds. The number of aliphatic imine (C=N–C) groups is 1. The Balaban J connectivity index is 1.91. The fourth-order valence-electron chi connectivity index (χ4n) is 2.16. The Labute approximate surface area is 129 Å². The Morgan fingerprint density at radius 3 is 2.77 bits per heavy atom. The lowest BCUT2D eigenvalue weighted by Crippen LogP contribution is -1.96. The summed E-state index contributed by atoms with van der Waals surface area (Å²) in [5.41, 5.74) is 1.65. The summed E-state index contributed by atoms with van der Waals surface area (Å²) in [7, 11) is 1.63. The van der Waals surface area contributed by atoms with E-state index in [0.29, 0.717) is 18.1 Å². The molecule has 0 atom stereocenters. The molecular formula is C17H17NO4. The van der Waals surface area contributed by atoms with Crippen LogP contribution in [0.4, 0.5) is 5.69 Å². The third-order valence-corrected chi connectivity index (χ3v) is 3.21. The van der Waals surface area contributed by atoms with Gasteiger partial charge in [-0.15, -0.1) is 0 Å². The third-order valence-electron chi connectivity index (χ3n) is 3.21. The van der Waals surface area contributed by atoms with E-state index in [4.69, 9.17) is 18.9 Å². The number of rotatable bonds is 5. The molecule has 114 valence electrons. The maximum Gasteiger partial charge on any atom is 0.231 e. The van der Waals surface area contributed by atoms with E-state index in [0.717, 1.165) is 22.7 Å². The van der Waals surface area contributed by atoms with Crippen molar-refractivity contribution in [2.24, 2.45) is 4.99 Å². The van der Waals surface area contributed by atoms with Gasteiger partial charge in [0, 0.05) is 23.9 Å². The molecule has 5 heteroatoms. The van der Waals surface area contributed by atoms with Crippen molar-refractivity contribution in [1.29, 1.82) is 0 Å². The van der Waals surface area contributed by atoms with Gasteiger partial charge in [0.2, 0.25) is 6.79 Å². The smallest absolute Gasteiger partial charge is 0.231 e. The zero-order valence-corrected chi connectivity index (χ0v) is 12.5. The first kappa shape index (κ1) is 14.3. The van der Waals surface area contributed by atoms with Crippen LogP contribution in [0.25, 0.3) is 0 Å². The fourth-order valence-corrected chi connectivity index (χ4v) is 2.16. The largest absolute Gasteiger partial charge is 0.497 e. The van der Waals surface area contributed by atoms with Gasteiger partial charge in [0.1, 0.15) is 11.5 Å². The second-order valence-electron chi connectivity index (χ2n) is 4.64. The molecule has 0 unspecified atom stereocenters. The number of methoxy groups -OCH3 is 1. The first-order valence-electron chi connectivity index (χ1n) is 7.04. The first-order chi connectivity index (χ1) is 10.8. The Morgan fingerprint density at radius 2 is 2.00 bits per heavy atom. The van der Waals surface area contributed by atoms with Crippen LogP contribution in [0.2, 0.25) is 0 Å². The minimum absolute atomic E-state index is 0.234. The monoisotopic (exact) mass is 299 g/mol. The average molecular weight is 299 g/mol. The van der Waals surface area contributed by atoms with Crippen LogP contribution in [0.15, 0.2) is 41.4 Å². The van der Waals surface area contributed by atoms with Gasteiger partial charge < -0.3 is 18.9 Å². The van der Waals surface area contributed by atoms with E-state index in [9.17, 15) is 0 Å². The Kier molecular flexibility index (Phi) is 4.14. The highest BCUT2D eigenvalue weighted by Gasteiger charge is 2.17. The van der Waals surface area contributed by atoms with Crippen LogP contribution in [0.5, 0.6) is 23.0 Å². The van der Waals surface area contributed by atoms with Gasteiger partial charge in [0.15, 0.2) is 11.5 Å². The van der Waals surface area contributed by atoms with Gasteiger partial charge in [-0.25, -0.2) is 0 Å². The van der Waals surface area contributed by atoms with E-state index < -0.39 is 0 Å². The van der Waals surface area contributed by atoms with Crippen molar-refractivity contribution < 1.29 is 18.9 Å². The highest BCUT2D eigenvalue weighted by atomic mass is 16.7. The summed E-state index contributed by atoms with van der Waals surface area (Å²) in [5, 5.41) is 0. The fraction of sp³-hybridized carbons (Fsp3) is 0.235. The Bertz CT molecular complexity index is 697. The van der Waals surface area contributed by atoms with E-state index in [1.54, 1.807) is 13.3 Å². The highest BCUT2D eigenvalue weighted by Crippen LogP contribution is 2.37. The van der Waals surface area contributed by atoms with Crippen molar-refractivity contribution in [3.05, 3.63) is 42.0 Å². The highest BCUT2D eigenvalue weighted by molar-refractivity contribution is 5.87. The maximum absolute atomic E-state index is 5.64. The van der Waals surface area contributed by atoms with E-state index in [1.165, 1.54) is 0 Å². The number of ether oxygens (including phenoxy) is 4. The van der Waals surface area contributed by atoms with Gasteiger partial charge in [-0.2, -0.15) is 0 Å². The number of hydrogen-bond donors (Lipinski definition) is 0. The minimum Gasteiger partial charge on any atom is -0.497 e. The van der Waals surface area contributed by atoms with Crippen LogP contribution in [0.1, 0.15) is 12.5 Å². The molecule has 1 aliphatic heterocycles. The van der Waals surface area contributed by atoms with Crippen molar-refractivity contribution in [2.75, 3.05) is 20.5 Å². The van der Waals surface area contributed by atoms with Crippen molar-refractivity contribution in [2.45, 2.75) is 6.92 Å². The van der Waals surface area contributed by atoms with Crippen molar-refractivity contribution in [1.82, 2.24) is 0 Å². The summed E-state index contributed by atoms with van der Waals surface area (Å²) in [6.45, 7) is 2.74. The van der Waals surface area contributed by atoms with Gasteiger partial charge in [-0.3, -0.25) is 4.99 Å². The lowest BCUT2D eigenvalue weighted by Gasteiger charge is -2.08. The lowest BCUT2D eigenvalue weighted by atomic mass is 10.2. The SMILES string of the molecule is CCOc1cc2c(cc1C=Nc1cccc(OC)c1)OCO2. The second kappa shape index (κ2) is 6.39. The van der Waals surface area contributed by atoms with E-state index in [-0.39, 0.29) is 6.79 Å². The third kappa shape index (κ3) is 2.98. The molecule has 0 aliphatic carbocycles. The number of fused-ring (bicyclic) bond motifs is 1. The van der Waals surface area contributed by atoms with Crippen LogP contribution in [-0.2, 0) is 0 Å². The molecule has 5 nitrogen and oxygen atoms in total. The van der Waals surface area contributed by atoms with Crippen LogP contribution in [0, 0.1) is 0 Å². The topological polar surface area (TPSA) is 49.3 Å². The molecule has 2 aromatic carbocycles. The standard InChI is InChI=1S/C17H17NO4/c1-3-20-15-9-17-16(21-11-22-17)7-12(15)10-18-13-5-4-6-14(8-13)19-2/h4-10H,3,11H2,1-2H3. The first-order valence-corrected chi connectivity index (χ1v) is 7.04. The van der Waals surface area contributed by atoms with E-state index >= 15 is 0 Å². The number of nitrogens with zero attached hydrogens (tertiary/aromatic N) is 1. The predicted octanol–water partition coefficient (Wildman–Crippen LogP) is 3.57. The molecule has 0 N–H and O–H groups in total. The Hall–Kier alpha value is -2.69. The van der Waals surface area contributed by atoms with Crippen LogP contribution >= 0.6 is 0 Å². The van der Waals surface area contributed by atoms with E-state index in [2.05, 4.69) is 4.99 Å². The summed E-state index contributed by atoms with van der Waals surface area (Å²) < 4.78 is 21.6. The summed E-state index contributed by atoms with van der Waals surface area (Å²) in [6, 6.07) is 11.3. The molecule has 0 bridgehead atoms. The zero-order valence-electron chi connectivity index (χ0n) is 12.5. The zero-order chi connectivity index (χ0) is 15.4. The summed E-state index contributed by atoms with van der Waals surface area (Å²) in [4.78, 5) is 4.47. The maximum atomic E-state index is 5.64.